The topological polar surface area (TPSA) is 77.5 Å². The summed E-state index contributed by atoms with van der Waals surface area (Å²) in [5.74, 6) is -0.714. The van der Waals surface area contributed by atoms with Crippen molar-refractivity contribution < 1.29 is 19.1 Å². The number of methoxy groups -OCH3 is 1. The number of anilines is 1. The van der Waals surface area contributed by atoms with Crippen molar-refractivity contribution in [2.24, 2.45) is 0 Å². The Kier molecular flexibility index (Phi) is 5.57. The molecule has 1 aromatic rings. The highest BCUT2D eigenvalue weighted by Gasteiger charge is 2.15. The van der Waals surface area contributed by atoms with E-state index in [-0.39, 0.29) is 12.4 Å². The Labute approximate surface area is 109 Å². The normalized spacial score (nSPS) is 9.94. The molecule has 1 N–H and O–H groups in total. The van der Waals surface area contributed by atoms with Crippen molar-refractivity contribution >= 4 is 28.4 Å². The second kappa shape index (κ2) is 6.95. The molecule has 0 atom stereocenters. The Morgan fingerprint density at radius 3 is 2.78 bits per heavy atom. The lowest BCUT2D eigenvalue weighted by Crippen LogP contribution is -2.11. The van der Waals surface area contributed by atoms with E-state index in [4.69, 9.17) is 4.74 Å². The maximum atomic E-state index is 11.3. The highest BCUT2D eigenvalue weighted by Crippen LogP contribution is 2.22. The lowest BCUT2D eigenvalue weighted by Gasteiger charge is -2.02. The number of hydrogen-bond donors (Lipinski definition) is 1. The minimum absolute atomic E-state index is 0.258. The van der Waals surface area contributed by atoms with Crippen LogP contribution >= 0.6 is 11.3 Å². The van der Waals surface area contributed by atoms with Crippen LogP contribution in [0.25, 0.3) is 0 Å². The molecule has 18 heavy (non-hydrogen) atoms. The largest absolute Gasteiger partial charge is 0.466 e. The molecule has 1 aromatic heterocycles. The van der Waals surface area contributed by atoms with Crippen molar-refractivity contribution in [2.45, 2.75) is 20.3 Å². The highest BCUT2D eigenvalue weighted by molar-refractivity contribution is 7.15. The zero-order valence-electron chi connectivity index (χ0n) is 10.6. The van der Waals surface area contributed by atoms with Crippen molar-refractivity contribution in [3.63, 3.8) is 0 Å². The van der Waals surface area contributed by atoms with E-state index in [1.54, 1.807) is 13.8 Å². The van der Waals surface area contributed by atoms with Gasteiger partial charge < -0.3 is 14.8 Å². The van der Waals surface area contributed by atoms with Crippen molar-refractivity contribution in [1.29, 1.82) is 0 Å². The first-order valence-corrected chi connectivity index (χ1v) is 6.35. The van der Waals surface area contributed by atoms with Gasteiger partial charge in [0, 0.05) is 11.4 Å². The molecule has 0 aromatic carbocycles. The Bertz CT molecular complexity index is 431. The Hall–Kier alpha value is -1.63. The van der Waals surface area contributed by atoms with Gasteiger partial charge in [-0.15, -0.1) is 11.3 Å². The summed E-state index contributed by atoms with van der Waals surface area (Å²) in [5.41, 5.74) is 0.307. The molecule has 0 bridgehead atoms. The lowest BCUT2D eigenvalue weighted by molar-refractivity contribution is -0.142. The van der Waals surface area contributed by atoms with Crippen molar-refractivity contribution in [3.05, 3.63) is 10.6 Å². The number of hydrogen-bond acceptors (Lipinski definition) is 7. The number of carbonyl (C=O) groups is 2. The Morgan fingerprint density at radius 2 is 2.17 bits per heavy atom. The van der Waals surface area contributed by atoms with Crippen molar-refractivity contribution in [2.75, 3.05) is 25.6 Å². The Morgan fingerprint density at radius 1 is 1.44 bits per heavy atom. The summed E-state index contributed by atoms with van der Waals surface area (Å²) in [4.78, 5) is 27.3. The molecule has 0 spiro atoms. The van der Waals surface area contributed by atoms with E-state index in [2.05, 4.69) is 15.0 Å². The standard InChI is InChI=1S/C11H16N2O4S/c1-4-17-8(14)5-6-12-11-13-9(7(2)18-11)10(15)16-3/h4-6H2,1-3H3,(H,12,13). The van der Waals surface area contributed by atoms with E-state index in [1.807, 2.05) is 0 Å². The number of ether oxygens (including phenoxy) is 2. The molecule has 0 radical (unpaired) electrons. The number of rotatable bonds is 6. The van der Waals surface area contributed by atoms with Crippen LogP contribution in [0.15, 0.2) is 0 Å². The van der Waals surface area contributed by atoms with Crippen LogP contribution in [-0.2, 0) is 14.3 Å². The number of esters is 2. The number of carbonyl (C=O) groups excluding carboxylic acids is 2. The first-order valence-electron chi connectivity index (χ1n) is 5.53. The van der Waals surface area contributed by atoms with Gasteiger partial charge in [0.05, 0.1) is 20.1 Å². The summed E-state index contributed by atoms with van der Waals surface area (Å²) < 4.78 is 9.40. The third-order valence-corrected chi connectivity index (χ3v) is 3.01. The van der Waals surface area contributed by atoms with Crippen molar-refractivity contribution in [1.82, 2.24) is 4.98 Å². The van der Waals surface area contributed by atoms with Crippen LogP contribution in [0.5, 0.6) is 0 Å². The highest BCUT2D eigenvalue weighted by atomic mass is 32.1. The van der Waals surface area contributed by atoms with Crippen LogP contribution in [0.1, 0.15) is 28.7 Å². The first-order chi connectivity index (χ1) is 8.58. The average Bonchev–Trinajstić information content (AvgIpc) is 2.70. The Balaban J connectivity index is 2.49. The molecule has 0 unspecified atom stereocenters. The number of aryl methyl sites for hydroxylation is 1. The summed E-state index contributed by atoms with van der Waals surface area (Å²) in [6.07, 6.45) is 0.264. The summed E-state index contributed by atoms with van der Waals surface area (Å²) in [5, 5.41) is 3.57. The molecule has 0 aliphatic rings. The van der Waals surface area contributed by atoms with Crippen LogP contribution in [-0.4, -0.2) is 37.2 Å². The lowest BCUT2D eigenvalue weighted by atomic mass is 10.4. The van der Waals surface area contributed by atoms with Gasteiger partial charge in [-0.2, -0.15) is 0 Å². The van der Waals surface area contributed by atoms with Gasteiger partial charge >= 0.3 is 11.9 Å². The molecule has 100 valence electrons. The van der Waals surface area contributed by atoms with Crippen LogP contribution in [0.3, 0.4) is 0 Å². The summed E-state index contributed by atoms with van der Waals surface area (Å²) >= 11 is 1.35. The number of thiazole rings is 1. The maximum absolute atomic E-state index is 11.3. The average molecular weight is 272 g/mol. The summed E-state index contributed by atoms with van der Waals surface area (Å²) in [6, 6.07) is 0. The van der Waals surface area contributed by atoms with Gasteiger partial charge in [0.1, 0.15) is 0 Å². The molecule has 0 amide bonds. The third kappa shape index (κ3) is 3.99. The third-order valence-electron chi connectivity index (χ3n) is 2.09. The second-order valence-corrected chi connectivity index (χ2v) is 4.60. The zero-order chi connectivity index (χ0) is 13.5. The fourth-order valence-electron chi connectivity index (χ4n) is 1.26. The first kappa shape index (κ1) is 14.4. The minimum Gasteiger partial charge on any atom is -0.466 e. The molecule has 0 aliphatic heterocycles. The van der Waals surface area contributed by atoms with Crippen LogP contribution in [0.2, 0.25) is 0 Å². The molecule has 7 heteroatoms. The zero-order valence-corrected chi connectivity index (χ0v) is 11.4. The van der Waals surface area contributed by atoms with Gasteiger partial charge in [0.2, 0.25) is 0 Å². The fourth-order valence-corrected chi connectivity index (χ4v) is 2.09. The van der Waals surface area contributed by atoms with Gasteiger partial charge in [-0.3, -0.25) is 4.79 Å². The van der Waals surface area contributed by atoms with Gasteiger partial charge in [-0.05, 0) is 13.8 Å². The van der Waals surface area contributed by atoms with Gasteiger partial charge in [0.25, 0.3) is 0 Å². The number of nitrogens with zero attached hydrogens (tertiary/aromatic N) is 1. The molecule has 0 saturated heterocycles. The van der Waals surface area contributed by atoms with Gasteiger partial charge in [-0.25, -0.2) is 9.78 Å². The number of aromatic nitrogens is 1. The van der Waals surface area contributed by atoms with Gasteiger partial charge in [-0.1, -0.05) is 0 Å². The molecule has 0 aliphatic carbocycles. The minimum atomic E-state index is -0.456. The molecular formula is C11H16N2O4S. The van der Waals surface area contributed by atoms with E-state index >= 15 is 0 Å². The number of nitrogens with one attached hydrogen (secondary N) is 1. The van der Waals surface area contributed by atoms with Crippen LogP contribution in [0.4, 0.5) is 5.13 Å². The van der Waals surface area contributed by atoms with E-state index in [9.17, 15) is 9.59 Å². The van der Waals surface area contributed by atoms with Crippen molar-refractivity contribution in [3.8, 4) is 0 Å². The molecule has 0 fully saturated rings. The predicted molar refractivity (Wildman–Crippen MR) is 67.9 cm³/mol. The molecule has 1 rings (SSSR count). The molecule has 6 nitrogen and oxygen atoms in total. The van der Waals surface area contributed by atoms with E-state index in [0.29, 0.717) is 24.0 Å². The van der Waals surface area contributed by atoms with Gasteiger partial charge in [0.15, 0.2) is 10.8 Å². The van der Waals surface area contributed by atoms with Crippen LogP contribution < -0.4 is 5.32 Å². The smallest absolute Gasteiger partial charge is 0.357 e. The summed E-state index contributed by atoms with van der Waals surface area (Å²) in [7, 11) is 1.31. The molecule has 1 heterocycles. The monoisotopic (exact) mass is 272 g/mol. The predicted octanol–water partition coefficient (Wildman–Crippen LogP) is 1.60. The SMILES string of the molecule is CCOC(=O)CCNc1nc(C(=O)OC)c(C)s1. The second-order valence-electron chi connectivity index (χ2n) is 3.40. The van der Waals surface area contributed by atoms with E-state index in [1.165, 1.54) is 18.4 Å². The quantitative estimate of drug-likeness (QED) is 0.793. The fraction of sp³-hybridized carbons (Fsp3) is 0.545. The van der Waals surface area contributed by atoms with Crippen LogP contribution in [0, 0.1) is 6.92 Å². The molecular weight excluding hydrogens is 256 g/mol. The maximum Gasteiger partial charge on any atom is 0.357 e. The molecule has 0 saturated carbocycles. The summed E-state index contributed by atoms with van der Waals surface area (Å²) in [6.45, 7) is 4.35. The van der Waals surface area contributed by atoms with E-state index < -0.39 is 5.97 Å². The van der Waals surface area contributed by atoms with E-state index in [0.717, 1.165) is 4.88 Å².